The standard InChI is InChI=1S/C21H18F3NO4.C4H8.C2H6/c1-13-19(20(27)14-4-6-15(28-2)7-5-14)17-9-8-16(29-21(22,23)24)12-18(17)25(13)10-3-11-26;1-3-4-2;1-2/h3-9,11-12,26H,10H2,1-2H3;3-4H,1-2H3;1-2H3/b11-3+;4-3-;. The van der Waals surface area contributed by atoms with Gasteiger partial charge in [0.2, 0.25) is 0 Å². The summed E-state index contributed by atoms with van der Waals surface area (Å²) in [6.45, 7) is 9.87. The lowest BCUT2D eigenvalue weighted by molar-refractivity contribution is -0.274. The van der Waals surface area contributed by atoms with E-state index < -0.39 is 6.36 Å². The Kier molecular flexibility index (Phi) is 11.6. The van der Waals surface area contributed by atoms with Crippen molar-refractivity contribution in [2.45, 2.75) is 47.5 Å². The molecule has 0 unspecified atom stereocenters. The van der Waals surface area contributed by atoms with Gasteiger partial charge in [-0.25, -0.2) is 0 Å². The maximum Gasteiger partial charge on any atom is 0.573 e. The lowest BCUT2D eigenvalue weighted by Crippen LogP contribution is -2.17. The molecule has 1 heterocycles. The van der Waals surface area contributed by atoms with Gasteiger partial charge in [0, 0.05) is 29.3 Å². The number of hydrogen-bond donors (Lipinski definition) is 1. The molecule has 35 heavy (non-hydrogen) atoms. The van der Waals surface area contributed by atoms with Crippen LogP contribution >= 0.6 is 0 Å². The van der Waals surface area contributed by atoms with Crippen molar-refractivity contribution >= 4 is 16.7 Å². The second-order valence-electron chi connectivity index (χ2n) is 6.91. The minimum absolute atomic E-state index is 0.171. The largest absolute Gasteiger partial charge is 0.573 e. The van der Waals surface area contributed by atoms with Crippen LogP contribution < -0.4 is 9.47 Å². The average Bonchev–Trinajstić information content (AvgIpc) is 3.13. The summed E-state index contributed by atoms with van der Waals surface area (Å²) in [5, 5.41) is 9.49. The number of aliphatic hydroxyl groups is 1. The number of rotatable bonds is 6. The van der Waals surface area contributed by atoms with Gasteiger partial charge in [0.05, 0.1) is 24.5 Å². The number of ether oxygens (including phenoxy) is 2. The van der Waals surface area contributed by atoms with Crippen molar-refractivity contribution in [3.8, 4) is 11.5 Å². The predicted octanol–water partition coefficient (Wildman–Crippen LogP) is 7.77. The molecule has 0 radical (unpaired) electrons. The molecular weight excluding hydrogens is 459 g/mol. The van der Waals surface area contributed by atoms with Crippen molar-refractivity contribution in [3.63, 3.8) is 0 Å². The van der Waals surface area contributed by atoms with Crippen molar-refractivity contribution in [2.24, 2.45) is 0 Å². The Morgan fingerprint density at radius 3 is 2.09 bits per heavy atom. The number of nitrogens with zero attached hydrogens (tertiary/aromatic N) is 1. The Balaban J connectivity index is 0.000000926. The fourth-order valence-corrected chi connectivity index (χ4v) is 3.22. The maximum absolute atomic E-state index is 13.1. The highest BCUT2D eigenvalue weighted by molar-refractivity contribution is 6.17. The van der Waals surface area contributed by atoms with E-state index in [0.717, 1.165) is 6.26 Å². The minimum Gasteiger partial charge on any atom is -0.516 e. The van der Waals surface area contributed by atoms with E-state index in [4.69, 9.17) is 9.84 Å². The number of methoxy groups -OCH3 is 1. The second kappa shape index (κ2) is 13.9. The fraction of sp³-hybridized carbons (Fsp3) is 0.296. The molecule has 3 rings (SSSR count). The first kappa shape index (κ1) is 29.4. The van der Waals surface area contributed by atoms with E-state index in [-0.39, 0.29) is 18.1 Å². The van der Waals surface area contributed by atoms with Crippen LogP contribution in [0.2, 0.25) is 0 Å². The molecule has 0 aliphatic rings. The normalized spacial score (nSPS) is 11.1. The molecule has 0 aliphatic heterocycles. The third-order valence-corrected chi connectivity index (χ3v) is 4.84. The maximum atomic E-state index is 13.1. The number of aliphatic hydroxyl groups excluding tert-OH is 1. The molecule has 1 N–H and O–H groups in total. The molecule has 0 spiro atoms. The van der Waals surface area contributed by atoms with Crippen LogP contribution in [0.15, 0.2) is 67.0 Å². The monoisotopic (exact) mass is 491 g/mol. The number of carbonyl (C=O) groups excluding carboxylic acids is 1. The molecule has 0 fully saturated rings. The highest BCUT2D eigenvalue weighted by Gasteiger charge is 2.31. The van der Waals surface area contributed by atoms with Gasteiger partial charge >= 0.3 is 6.36 Å². The number of ketones is 1. The van der Waals surface area contributed by atoms with Crippen molar-refractivity contribution in [1.29, 1.82) is 0 Å². The molecule has 5 nitrogen and oxygen atoms in total. The van der Waals surface area contributed by atoms with E-state index in [1.165, 1.54) is 31.4 Å². The topological polar surface area (TPSA) is 60.7 Å². The summed E-state index contributed by atoms with van der Waals surface area (Å²) in [4.78, 5) is 13.1. The van der Waals surface area contributed by atoms with E-state index in [1.807, 2.05) is 39.8 Å². The molecule has 0 amide bonds. The molecule has 190 valence electrons. The van der Waals surface area contributed by atoms with Crippen LogP contribution in [-0.4, -0.2) is 28.9 Å². The number of fused-ring (bicyclic) bond motifs is 1. The Bertz CT molecular complexity index is 1140. The quantitative estimate of drug-likeness (QED) is 0.217. The predicted molar refractivity (Wildman–Crippen MR) is 133 cm³/mol. The van der Waals surface area contributed by atoms with Crippen LogP contribution in [0.3, 0.4) is 0 Å². The molecule has 0 saturated heterocycles. The van der Waals surface area contributed by atoms with Crippen LogP contribution in [0.4, 0.5) is 13.2 Å². The number of hydrogen-bond acceptors (Lipinski definition) is 4. The van der Waals surface area contributed by atoms with Gasteiger partial charge < -0.3 is 19.1 Å². The zero-order valence-corrected chi connectivity index (χ0v) is 20.8. The average molecular weight is 492 g/mol. The summed E-state index contributed by atoms with van der Waals surface area (Å²) in [6.07, 6.45) is 1.44. The number of allylic oxidation sites excluding steroid dienone is 3. The molecule has 0 bridgehead atoms. The minimum atomic E-state index is -4.83. The third-order valence-electron chi connectivity index (χ3n) is 4.84. The van der Waals surface area contributed by atoms with Gasteiger partial charge in [-0.2, -0.15) is 0 Å². The molecule has 0 saturated carbocycles. The van der Waals surface area contributed by atoms with Gasteiger partial charge in [0.1, 0.15) is 11.5 Å². The summed E-state index contributed by atoms with van der Waals surface area (Å²) in [6, 6.07) is 10.4. The summed E-state index contributed by atoms with van der Waals surface area (Å²) in [5.74, 6) is -0.0609. The number of halogens is 3. The summed E-state index contributed by atoms with van der Waals surface area (Å²) >= 11 is 0. The van der Waals surface area contributed by atoms with E-state index in [9.17, 15) is 18.0 Å². The van der Waals surface area contributed by atoms with E-state index in [1.54, 1.807) is 35.8 Å². The number of aromatic nitrogens is 1. The highest BCUT2D eigenvalue weighted by atomic mass is 19.4. The van der Waals surface area contributed by atoms with E-state index in [0.29, 0.717) is 33.5 Å². The highest BCUT2D eigenvalue weighted by Crippen LogP contribution is 2.33. The summed E-state index contributed by atoms with van der Waals surface area (Å²) in [5.41, 5.74) is 1.73. The third kappa shape index (κ3) is 7.95. The molecule has 2 aromatic carbocycles. The lowest BCUT2D eigenvalue weighted by atomic mass is 10.0. The van der Waals surface area contributed by atoms with Gasteiger partial charge in [-0.15, -0.1) is 13.2 Å². The van der Waals surface area contributed by atoms with Crippen LogP contribution in [-0.2, 0) is 6.54 Å². The van der Waals surface area contributed by atoms with Gasteiger partial charge in [-0.05, 0) is 63.2 Å². The van der Waals surface area contributed by atoms with Crippen molar-refractivity contribution in [1.82, 2.24) is 4.57 Å². The second-order valence-corrected chi connectivity index (χ2v) is 6.91. The Morgan fingerprint density at radius 1 is 1.03 bits per heavy atom. The first-order valence-corrected chi connectivity index (χ1v) is 11.1. The zero-order valence-electron chi connectivity index (χ0n) is 20.8. The van der Waals surface area contributed by atoms with Crippen molar-refractivity contribution < 1.29 is 32.5 Å². The molecule has 0 aliphatic carbocycles. The lowest BCUT2D eigenvalue weighted by Gasteiger charge is -2.10. The molecule has 3 aromatic rings. The zero-order chi connectivity index (χ0) is 26.6. The number of benzene rings is 2. The van der Waals surface area contributed by atoms with E-state index >= 15 is 0 Å². The van der Waals surface area contributed by atoms with Crippen LogP contribution in [0, 0.1) is 6.92 Å². The van der Waals surface area contributed by atoms with Crippen molar-refractivity contribution in [2.75, 3.05) is 7.11 Å². The Labute approximate surface area is 204 Å². The molecule has 0 atom stereocenters. The van der Waals surface area contributed by atoms with Crippen molar-refractivity contribution in [3.05, 3.63) is 83.8 Å². The Morgan fingerprint density at radius 2 is 1.60 bits per heavy atom. The number of alkyl halides is 3. The van der Waals surface area contributed by atoms with Crippen LogP contribution in [0.5, 0.6) is 11.5 Å². The fourth-order valence-electron chi connectivity index (χ4n) is 3.22. The first-order valence-electron chi connectivity index (χ1n) is 11.1. The summed E-state index contributed by atoms with van der Waals surface area (Å²) < 4.78 is 48.6. The molecule has 1 aromatic heterocycles. The van der Waals surface area contributed by atoms with Gasteiger partial charge in [0.15, 0.2) is 5.78 Å². The Hall–Kier alpha value is -3.68. The van der Waals surface area contributed by atoms with Gasteiger partial charge in [-0.1, -0.05) is 26.0 Å². The van der Waals surface area contributed by atoms with Gasteiger partial charge in [-0.3, -0.25) is 4.79 Å². The SMILES string of the molecule is C/C=C\C.CC.COc1ccc(C(=O)c2c(C)n(C/C=C/O)c3cc(OC(F)(F)F)ccc23)cc1. The smallest absolute Gasteiger partial charge is 0.516 e. The molecular formula is C27H32F3NO4. The van der Waals surface area contributed by atoms with E-state index in [2.05, 4.69) is 4.74 Å². The van der Waals surface area contributed by atoms with Crippen LogP contribution in [0.25, 0.3) is 10.9 Å². The first-order chi connectivity index (χ1) is 16.7. The van der Waals surface area contributed by atoms with Gasteiger partial charge in [0.25, 0.3) is 0 Å². The number of carbonyl (C=O) groups is 1. The molecule has 8 heteroatoms. The van der Waals surface area contributed by atoms with Crippen LogP contribution in [0.1, 0.15) is 49.3 Å². The summed E-state index contributed by atoms with van der Waals surface area (Å²) in [7, 11) is 1.52.